The number of guanidine groups is 1. The van der Waals surface area contributed by atoms with Crippen LogP contribution in [-0.2, 0) is 6.54 Å². The molecule has 0 aromatic carbocycles. The maximum Gasteiger partial charge on any atom is 0.191 e. The molecule has 2 heterocycles. The molecule has 0 spiro atoms. The van der Waals surface area contributed by atoms with Crippen LogP contribution >= 0.6 is 24.0 Å². The molecule has 1 atom stereocenters. The molecule has 0 fully saturated rings. The molecule has 0 saturated carbocycles. The Morgan fingerprint density at radius 2 is 1.92 bits per heavy atom. The predicted molar refractivity (Wildman–Crippen MR) is 114 cm³/mol. The first-order valence-corrected chi connectivity index (χ1v) is 8.61. The van der Waals surface area contributed by atoms with Crippen molar-refractivity contribution >= 4 is 29.9 Å². The summed E-state index contributed by atoms with van der Waals surface area (Å²) in [4.78, 5) is 6.68. The van der Waals surface area contributed by atoms with Crippen molar-refractivity contribution in [1.82, 2.24) is 20.1 Å². The lowest BCUT2D eigenvalue weighted by atomic mass is 10.2. The molecule has 0 saturated heterocycles. The smallest absolute Gasteiger partial charge is 0.191 e. The van der Waals surface area contributed by atoms with Gasteiger partial charge in [-0.3, -0.25) is 9.89 Å². The fraction of sp³-hybridized carbons (Fsp3) is 0.500. The standard InChI is InChI=1S/C18H29N5O.HI/c1-4-23(5-2)16(17-9-8-14-24-17)15-21-18(19-3)20-10-13-22-11-6-7-12-22;/h6-9,11-12,14,16H,4-5,10,13,15H2,1-3H3,(H2,19,20,21);1H. The summed E-state index contributed by atoms with van der Waals surface area (Å²) in [5.74, 6) is 1.79. The number of halogens is 1. The Balaban J connectivity index is 0.00000312. The zero-order chi connectivity index (χ0) is 17.2. The lowest BCUT2D eigenvalue weighted by Crippen LogP contribution is -2.43. The van der Waals surface area contributed by atoms with Gasteiger partial charge in [0, 0.05) is 39.1 Å². The van der Waals surface area contributed by atoms with E-state index < -0.39 is 0 Å². The molecular weight excluding hydrogens is 429 g/mol. The van der Waals surface area contributed by atoms with Crippen LogP contribution in [-0.4, -0.2) is 48.7 Å². The number of likely N-dealkylation sites (N-methyl/N-ethyl adjacent to an activating group) is 1. The Bertz CT molecular complexity index is 579. The highest BCUT2D eigenvalue weighted by molar-refractivity contribution is 14.0. The Labute approximate surface area is 167 Å². The minimum Gasteiger partial charge on any atom is -0.468 e. The van der Waals surface area contributed by atoms with E-state index in [1.165, 1.54) is 0 Å². The number of hydrogen-bond donors (Lipinski definition) is 2. The van der Waals surface area contributed by atoms with Crippen LogP contribution in [0.4, 0.5) is 0 Å². The summed E-state index contributed by atoms with van der Waals surface area (Å²) in [6.45, 7) is 8.77. The monoisotopic (exact) mass is 459 g/mol. The second-order valence-corrected chi connectivity index (χ2v) is 5.55. The van der Waals surface area contributed by atoms with Gasteiger partial charge in [0.15, 0.2) is 5.96 Å². The predicted octanol–water partition coefficient (Wildman–Crippen LogP) is 2.95. The molecule has 0 aliphatic heterocycles. The van der Waals surface area contributed by atoms with E-state index >= 15 is 0 Å². The lowest BCUT2D eigenvalue weighted by molar-refractivity contribution is 0.193. The van der Waals surface area contributed by atoms with Crippen LogP contribution in [0.3, 0.4) is 0 Å². The van der Waals surface area contributed by atoms with Crippen molar-refractivity contribution < 1.29 is 4.42 Å². The minimum absolute atomic E-state index is 0. The third kappa shape index (κ3) is 6.74. The molecule has 0 aliphatic rings. The first kappa shape index (κ1) is 21.6. The molecule has 0 radical (unpaired) electrons. The van der Waals surface area contributed by atoms with Crippen molar-refractivity contribution in [1.29, 1.82) is 0 Å². The molecule has 1 unspecified atom stereocenters. The number of hydrogen-bond acceptors (Lipinski definition) is 3. The van der Waals surface area contributed by atoms with Crippen molar-refractivity contribution in [2.45, 2.75) is 26.4 Å². The number of rotatable bonds is 9. The molecule has 2 aromatic heterocycles. The van der Waals surface area contributed by atoms with Gasteiger partial charge in [-0.1, -0.05) is 13.8 Å². The molecule has 7 heteroatoms. The summed E-state index contributed by atoms with van der Waals surface area (Å²) in [7, 11) is 1.80. The van der Waals surface area contributed by atoms with Crippen molar-refractivity contribution in [2.75, 3.05) is 33.2 Å². The fourth-order valence-corrected chi connectivity index (χ4v) is 2.79. The summed E-state index contributed by atoms with van der Waals surface area (Å²) in [6.07, 6.45) is 5.85. The molecule has 2 N–H and O–H groups in total. The van der Waals surface area contributed by atoms with Gasteiger partial charge >= 0.3 is 0 Å². The summed E-state index contributed by atoms with van der Waals surface area (Å²) in [6, 6.07) is 8.23. The maximum atomic E-state index is 5.63. The van der Waals surface area contributed by atoms with Gasteiger partial charge in [-0.15, -0.1) is 24.0 Å². The van der Waals surface area contributed by atoms with Crippen LogP contribution < -0.4 is 10.6 Å². The number of nitrogens with one attached hydrogen (secondary N) is 2. The van der Waals surface area contributed by atoms with Gasteiger partial charge in [0.2, 0.25) is 0 Å². The first-order valence-electron chi connectivity index (χ1n) is 8.61. The Kier molecular flexibility index (Phi) is 10.3. The van der Waals surface area contributed by atoms with E-state index in [4.69, 9.17) is 4.42 Å². The summed E-state index contributed by atoms with van der Waals surface area (Å²) in [5.41, 5.74) is 0. The average molecular weight is 459 g/mol. The Hall–Kier alpha value is -1.48. The van der Waals surface area contributed by atoms with Crippen LogP contribution in [0.15, 0.2) is 52.3 Å². The normalized spacial score (nSPS) is 12.7. The first-order chi connectivity index (χ1) is 11.8. The van der Waals surface area contributed by atoms with Crippen molar-refractivity contribution in [2.24, 2.45) is 4.99 Å². The largest absolute Gasteiger partial charge is 0.468 e. The van der Waals surface area contributed by atoms with E-state index in [1.807, 2.05) is 24.3 Å². The molecule has 25 heavy (non-hydrogen) atoms. The second kappa shape index (κ2) is 12.0. The maximum absolute atomic E-state index is 5.63. The van der Waals surface area contributed by atoms with Crippen molar-refractivity contribution in [3.63, 3.8) is 0 Å². The van der Waals surface area contributed by atoms with Crippen LogP contribution in [0.5, 0.6) is 0 Å². The Morgan fingerprint density at radius 1 is 1.20 bits per heavy atom. The van der Waals surface area contributed by atoms with Gasteiger partial charge in [0.1, 0.15) is 5.76 Å². The third-order valence-electron chi connectivity index (χ3n) is 4.14. The van der Waals surface area contributed by atoms with Gasteiger partial charge < -0.3 is 19.6 Å². The van der Waals surface area contributed by atoms with Gasteiger partial charge in [0.25, 0.3) is 0 Å². The minimum atomic E-state index is 0. The molecule has 0 aliphatic carbocycles. The van der Waals surface area contributed by atoms with Crippen LogP contribution in [0, 0.1) is 0 Å². The van der Waals surface area contributed by atoms with E-state index in [-0.39, 0.29) is 30.0 Å². The third-order valence-corrected chi connectivity index (χ3v) is 4.14. The highest BCUT2D eigenvalue weighted by Gasteiger charge is 2.20. The van der Waals surface area contributed by atoms with Gasteiger partial charge in [-0.2, -0.15) is 0 Å². The van der Waals surface area contributed by atoms with E-state index in [0.717, 1.165) is 44.4 Å². The molecule has 6 nitrogen and oxygen atoms in total. The topological polar surface area (TPSA) is 57.7 Å². The number of aromatic nitrogens is 1. The number of furan rings is 1. The number of aliphatic imine (C=N–C) groups is 1. The molecule has 0 amide bonds. The van der Waals surface area contributed by atoms with E-state index in [2.05, 4.69) is 51.3 Å². The molecule has 2 aromatic rings. The van der Waals surface area contributed by atoms with Gasteiger partial charge in [-0.25, -0.2) is 0 Å². The second-order valence-electron chi connectivity index (χ2n) is 5.55. The van der Waals surface area contributed by atoms with Gasteiger partial charge in [-0.05, 0) is 37.4 Å². The molecule has 0 bridgehead atoms. The molecule has 140 valence electrons. The molecular formula is C18H30IN5O. The van der Waals surface area contributed by atoms with Gasteiger partial charge in [0.05, 0.1) is 12.3 Å². The van der Waals surface area contributed by atoms with E-state index in [0.29, 0.717) is 0 Å². The van der Waals surface area contributed by atoms with Crippen LogP contribution in [0.25, 0.3) is 0 Å². The highest BCUT2D eigenvalue weighted by Crippen LogP contribution is 2.20. The number of nitrogens with zero attached hydrogens (tertiary/aromatic N) is 3. The van der Waals surface area contributed by atoms with E-state index in [9.17, 15) is 0 Å². The average Bonchev–Trinajstić information content (AvgIpc) is 3.30. The summed E-state index contributed by atoms with van der Waals surface area (Å²) >= 11 is 0. The fourth-order valence-electron chi connectivity index (χ4n) is 2.79. The van der Waals surface area contributed by atoms with Crippen LogP contribution in [0.1, 0.15) is 25.6 Å². The summed E-state index contributed by atoms with van der Waals surface area (Å²) < 4.78 is 7.77. The van der Waals surface area contributed by atoms with Crippen molar-refractivity contribution in [3.8, 4) is 0 Å². The Morgan fingerprint density at radius 3 is 2.48 bits per heavy atom. The molecule has 2 rings (SSSR count). The zero-order valence-electron chi connectivity index (χ0n) is 15.3. The SMILES string of the molecule is CCN(CC)C(CNC(=NC)NCCn1cccc1)c1ccco1.I. The zero-order valence-corrected chi connectivity index (χ0v) is 17.6. The van der Waals surface area contributed by atoms with Crippen LogP contribution in [0.2, 0.25) is 0 Å². The van der Waals surface area contributed by atoms with E-state index in [1.54, 1.807) is 13.3 Å². The highest BCUT2D eigenvalue weighted by atomic mass is 127. The summed E-state index contributed by atoms with van der Waals surface area (Å²) in [5, 5.41) is 6.77. The lowest BCUT2D eigenvalue weighted by Gasteiger charge is -2.28. The quantitative estimate of drug-likeness (QED) is 0.344. The van der Waals surface area contributed by atoms with Crippen molar-refractivity contribution in [3.05, 3.63) is 48.7 Å².